The first-order chi connectivity index (χ1) is 4.92. The molecule has 0 N–H and O–H groups in total. The molecule has 0 radical (unpaired) electrons. The van der Waals surface area contributed by atoms with Gasteiger partial charge < -0.3 is 4.90 Å². The molecule has 0 bridgehead atoms. The molecule has 1 nitrogen and oxygen atoms in total. The van der Waals surface area contributed by atoms with Crippen molar-refractivity contribution in [3.8, 4) is 0 Å². The van der Waals surface area contributed by atoms with Crippen LogP contribution in [0.3, 0.4) is 0 Å². The van der Waals surface area contributed by atoms with Gasteiger partial charge in [0.05, 0.1) is 0 Å². The molecule has 0 rings (SSSR count). The van der Waals surface area contributed by atoms with E-state index < -0.39 is 0 Å². The van der Waals surface area contributed by atoms with Gasteiger partial charge in [0, 0.05) is 0 Å². The molecule has 0 spiro atoms. The SMILES string of the molecule is CN(C)CCCCC(C)(C)C. The number of nitrogens with zero attached hydrogens (tertiary/aromatic N) is 1. The van der Waals surface area contributed by atoms with Gasteiger partial charge in [-0.3, -0.25) is 0 Å². The summed E-state index contributed by atoms with van der Waals surface area (Å²) in [5, 5.41) is 0. The third-order valence-electron chi connectivity index (χ3n) is 1.78. The highest BCUT2D eigenvalue weighted by Crippen LogP contribution is 2.21. The van der Waals surface area contributed by atoms with E-state index in [4.69, 9.17) is 0 Å². The summed E-state index contributed by atoms with van der Waals surface area (Å²) < 4.78 is 0. The second-order valence-electron chi connectivity index (χ2n) is 4.82. The van der Waals surface area contributed by atoms with Crippen LogP contribution in [0.4, 0.5) is 0 Å². The van der Waals surface area contributed by atoms with Crippen LogP contribution in [0.25, 0.3) is 0 Å². The Balaban J connectivity index is 3.15. The average molecular weight is 157 g/mol. The second kappa shape index (κ2) is 4.76. The second-order valence-corrected chi connectivity index (χ2v) is 4.82. The molecule has 1 heteroatoms. The lowest BCUT2D eigenvalue weighted by Crippen LogP contribution is -2.13. The van der Waals surface area contributed by atoms with Crippen molar-refractivity contribution in [2.45, 2.75) is 40.0 Å². The largest absolute Gasteiger partial charge is 0.309 e. The third kappa shape index (κ3) is 9.96. The van der Waals surface area contributed by atoms with Crippen molar-refractivity contribution >= 4 is 0 Å². The zero-order valence-electron chi connectivity index (χ0n) is 8.78. The van der Waals surface area contributed by atoms with E-state index in [-0.39, 0.29) is 0 Å². The number of rotatable bonds is 4. The highest BCUT2D eigenvalue weighted by atomic mass is 15.0. The number of hydrogen-bond donors (Lipinski definition) is 0. The maximum Gasteiger partial charge on any atom is -0.00248 e. The molecule has 0 heterocycles. The van der Waals surface area contributed by atoms with Crippen molar-refractivity contribution in [1.29, 1.82) is 0 Å². The maximum absolute atomic E-state index is 2.31. The van der Waals surface area contributed by atoms with Gasteiger partial charge in [-0.05, 0) is 38.9 Å². The van der Waals surface area contributed by atoms with E-state index in [1.54, 1.807) is 0 Å². The zero-order chi connectivity index (χ0) is 8.91. The summed E-state index contributed by atoms with van der Waals surface area (Å²) in [5.74, 6) is 0. The van der Waals surface area contributed by atoms with Gasteiger partial charge >= 0.3 is 0 Å². The van der Waals surface area contributed by atoms with Crippen LogP contribution in [0.15, 0.2) is 0 Å². The molecule has 0 saturated carbocycles. The minimum atomic E-state index is 0.520. The molecular formula is C10H23N. The summed E-state index contributed by atoms with van der Waals surface area (Å²) in [4.78, 5) is 2.25. The summed E-state index contributed by atoms with van der Waals surface area (Å²) in [5.41, 5.74) is 0.520. The van der Waals surface area contributed by atoms with E-state index in [0.717, 1.165) is 0 Å². The Morgan fingerprint density at radius 1 is 1.00 bits per heavy atom. The van der Waals surface area contributed by atoms with Gasteiger partial charge in [-0.1, -0.05) is 27.2 Å². The van der Waals surface area contributed by atoms with E-state index in [1.165, 1.54) is 25.8 Å². The van der Waals surface area contributed by atoms with Crippen LogP contribution >= 0.6 is 0 Å². The van der Waals surface area contributed by atoms with Crippen molar-refractivity contribution in [3.05, 3.63) is 0 Å². The van der Waals surface area contributed by atoms with Crippen LogP contribution < -0.4 is 0 Å². The standard InChI is InChI=1S/C10H23N/c1-10(2,3)8-6-7-9-11(4)5/h6-9H2,1-5H3. The van der Waals surface area contributed by atoms with Gasteiger partial charge in [-0.2, -0.15) is 0 Å². The first-order valence-electron chi connectivity index (χ1n) is 4.56. The molecule has 0 atom stereocenters. The fraction of sp³-hybridized carbons (Fsp3) is 1.00. The molecule has 0 aliphatic carbocycles. The van der Waals surface area contributed by atoms with Gasteiger partial charge in [0.25, 0.3) is 0 Å². The molecule has 0 fully saturated rings. The molecule has 0 aromatic carbocycles. The zero-order valence-corrected chi connectivity index (χ0v) is 8.78. The lowest BCUT2D eigenvalue weighted by atomic mass is 9.90. The quantitative estimate of drug-likeness (QED) is 0.567. The van der Waals surface area contributed by atoms with Gasteiger partial charge in [0.15, 0.2) is 0 Å². The first-order valence-corrected chi connectivity index (χ1v) is 4.56. The first kappa shape index (κ1) is 11.0. The van der Waals surface area contributed by atoms with Crippen molar-refractivity contribution in [2.24, 2.45) is 5.41 Å². The normalized spacial score (nSPS) is 12.5. The lowest BCUT2D eigenvalue weighted by molar-refractivity contribution is 0.333. The molecule has 0 aliphatic rings. The smallest absolute Gasteiger partial charge is 0.00248 e. The maximum atomic E-state index is 2.31. The van der Waals surface area contributed by atoms with Crippen molar-refractivity contribution in [1.82, 2.24) is 4.90 Å². The van der Waals surface area contributed by atoms with Crippen LogP contribution in [-0.4, -0.2) is 25.5 Å². The Labute approximate surface area is 71.8 Å². The molecule has 0 aliphatic heterocycles. The van der Waals surface area contributed by atoms with E-state index in [1.807, 2.05) is 0 Å². The van der Waals surface area contributed by atoms with Crippen LogP contribution in [0, 0.1) is 5.41 Å². The Hall–Kier alpha value is -0.0400. The van der Waals surface area contributed by atoms with Gasteiger partial charge in [-0.15, -0.1) is 0 Å². The van der Waals surface area contributed by atoms with Crippen molar-refractivity contribution in [2.75, 3.05) is 20.6 Å². The summed E-state index contributed by atoms with van der Waals surface area (Å²) in [7, 11) is 4.27. The van der Waals surface area contributed by atoms with E-state index in [0.29, 0.717) is 5.41 Å². The summed E-state index contributed by atoms with van der Waals surface area (Å²) in [6.45, 7) is 8.16. The van der Waals surface area contributed by atoms with E-state index >= 15 is 0 Å². The van der Waals surface area contributed by atoms with Gasteiger partial charge in [0.2, 0.25) is 0 Å². The fourth-order valence-electron chi connectivity index (χ4n) is 1.08. The van der Waals surface area contributed by atoms with E-state index in [2.05, 4.69) is 39.8 Å². The predicted octanol–water partition coefficient (Wildman–Crippen LogP) is 2.76. The highest BCUT2D eigenvalue weighted by molar-refractivity contribution is 4.61. The van der Waals surface area contributed by atoms with Gasteiger partial charge in [0.1, 0.15) is 0 Å². The summed E-state index contributed by atoms with van der Waals surface area (Å²) in [6.07, 6.45) is 4.05. The van der Waals surface area contributed by atoms with E-state index in [9.17, 15) is 0 Å². The molecule has 11 heavy (non-hydrogen) atoms. The monoisotopic (exact) mass is 157 g/mol. The topological polar surface area (TPSA) is 3.24 Å². The molecule has 0 saturated heterocycles. The molecule has 0 aromatic heterocycles. The minimum Gasteiger partial charge on any atom is -0.309 e. The molecule has 0 amide bonds. The predicted molar refractivity (Wildman–Crippen MR) is 51.9 cm³/mol. The molecule has 0 aromatic rings. The molecule has 68 valence electrons. The van der Waals surface area contributed by atoms with Crippen LogP contribution in [-0.2, 0) is 0 Å². The Bertz CT molecular complexity index is 89.5. The Morgan fingerprint density at radius 3 is 1.91 bits per heavy atom. The third-order valence-corrected chi connectivity index (χ3v) is 1.78. The number of hydrogen-bond acceptors (Lipinski definition) is 1. The van der Waals surface area contributed by atoms with Crippen LogP contribution in [0.2, 0.25) is 0 Å². The van der Waals surface area contributed by atoms with Crippen LogP contribution in [0.5, 0.6) is 0 Å². The average Bonchev–Trinajstić information content (AvgIpc) is 1.78. The lowest BCUT2D eigenvalue weighted by Gasteiger charge is -2.18. The Morgan fingerprint density at radius 2 is 1.55 bits per heavy atom. The molecular weight excluding hydrogens is 134 g/mol. The summed E-state index contributed by atoms with van der Waals surface area (Å²) >= 11 is 0. The van der Waals surface area contributed by atoms with Gasteiger partial charge in [-0.25, -0.2) is 0 Å². The number of unbranched alkanes of at least 4 members (excludes halogenated alkanes) is 1. The minimum absolute atomic E-state index is 0.520. The van der Waals surface area contributed by atoms with Crippen molar-refractivity contribution in [3.63, 3.8) is 0 Å². The summed E-state index contributed by atoms with van der Waals surface area (Å²) in [6, 6.07) is 0. The molecule has 0 unspecified atom stereocenters. The Kier molecular flexibility index (Phi) is 4.74. The van der Waals surface area contributed by atoms with Crippen molar-refractivity contribution < 1.29 is 0 Å². The fourth-order valence-corrected chi connectivity index (χ4v) is 1.08. The van der Waals surface area contributed by atoms with Crippen LogP contribution in [0.1, 0.15) is 40.0 Å². The highest BCUT2D eigenvalue weighted by Gasteiger charge is 2.08.